The summed E-state index contributed by atoms with van der Waals surface area (Å²) in [7, 11) is 0. The summed E-state index contributed by atoms with van der Waals surface area (Å²) in [4.78, 5) is 15.1. The standard InChI is InChI=1S/C16H21N3O3/c1-10(2)16-18-14(9-22-16)8-17-12(4)13-6-5-11(3)15(7-13)19(20)21/h5-7,9-10,12,17H,8H2,1-4H3. The lowest BCUT2D eigenvalue weighted by Crippen LogP contribution is -2.18. The van der Waals surface area contributed by atoms with Crippen LogP contribution in [0, 0.1) is 17.0 Å². The van der Waals surface area contributed by atoms with E-state index in [1.165, 1.54) is 0 Å². The van der Waals surface area contributed by atoms with E-state index < -0.39 is 0 Å². The monoisotopic (exact) mass is 303 g/mol. The van der Waals surface area contributed by atoms with Gasteiger partial charge in [0, 0.05) is 30.1 Å². The van der Waals surface area contributed by atoms with Crippen molar-refractivity contribution >= 4 is 5.69 Å². The number of hydrogen-bond donors (Lipinski definition) is 1. The van der Waals surface area contributed by atoms with Gasteiger partial charge in [0.05, 0.1) is 10.6 Å². The number of oxazole rings is 1. The second-order valence-corrected chi connectivity index (χ2v) is 5.74. The highest BCUT2D eigenvalue weighted by Crippen LogP contribution is 2.23. The highest BCUT2D eigenvalue weighted by Gasteiger charge is 2.15. The molecule has 6 heteroatoms. The highest BCUT2D eigenvalue weighted by molar-refractivity contribution is 5.43. The number of aromatic nitrogens is 1. The zero-order valence-corrected chi connectivity index (χ0v) is 13.3. The van der Waals surface area contributed by atoms with Crippen LogP contribution in [0.5, 0.6) is 0 Å². The Morgan fingerprint density at radius 3 is 2.68 bits per heavy atom. The van der Waals surface area contributed by atoms with Gasteiger partial charge in [-0.2, -0.15) is 0 Å². The predicted molar refractivity (Wildman–Crippen MR) is 83.7 cm³/mol. The van der Waals surface area contributed by atoms with Crippen molar-refractivity contribution in [1.29, 1.82) is 0 Å². The van der Waals surface area contributed by atoms with E-state index in [9.17, 15) is 10.1 Å². The van der Waals surface area contributed by atoms with E-state index in [0.29, 0.717) is 12.1 Å². The van der Waals surface area contributed by atoms with Crippen LogP contribution in [0.2, 0.25) is 0 Å². The molecule has 2 rings (SSSR count). The van der Waals surface area contributed by atoms with Crippen LogP contribution in [0.4, 0.5) is 5.69 Å². The van der Waals surface area contributed by atoms with Gasteiger partial charge in [0.2, 0.25) is 0 Å². The van der Waals surface area contributed by atoms with E-state index >= 15 is 0 Å². The third-order valence-corrected chi connectivity index (χ3v) is 3.58. The molecule has 0 spiro atoms. The predicted octanol–water partition coefficient (Wildman–Crippen LogP) is 3.87. The summed E-state index contributed by atoms with van der Waals surface area (Å²) in [6.07, 6.45) is 1.65. The van der Waals surface area contributed by atoms with Gasteiger partial charge in [-0.05, 0) is 19.4 Å². The van der Waals surface area contributed by atoms with Gasteiger partial charge in [-0.3, -0.25) is 10.1 Å². The molecule has 0 radical (unpaired) electrons. The van der Waals surface area contributed by atoms with Gasteiger partial charge in [-0.25, -0.2) is 4.98 Å². The van der Waals surface area contributed by atoms with E-state index in [-0.39, 0.29) is 22.6 Å². The van der Waals surface area contributed by atoms with Crippen molar-refractivity contribution < 1.29 is 9.34 Å². The molecule has 1 heterocycles. The first kappa shape index (κ1) is 16.2. The Labute approximate surface area is 129 Å². The lowest BCUT2D eigenvalue weighted by Gasteiger charge is -2.13. The number of nitrogens with one attached hydrogen (secondary N) is 1. The number of benzene rings is 1. The third kappa shape index (κ3) is 3.71. The summed E-state index contributed by atoms with van der Waals surface area (Å²) in [6, 6.07) is 5.29. The van der Waals surface area contributed by atoms with Crippen LogP contribution >= 0.6 is 0 Å². The Kier molecular flexibility index (Phi) is 4.92. The van der Waals surface area contributed by atoms with Crippen molar-refractivity contribution in [1.82, 2.24) is 10.3 Å². The van der Waals surface area contributed by atoms with Crippen molar-refractivity contribution in [3.63, 3.8) is 0 Å². The molecular weight excluding hydrogens is 282 g/mol. The minimum Gasteiger partial charge on any atom is -0.448 e. The van der Waals surface area contributed by atoms with E-state index in [2.05, 4.69) is 10.3 Å². The van der Waals surface area contributed by atoms with E-state index in [0.717, 1.165) is 17.1 Å². The number of hydrogen-bond acceptors (Lipinski definition) is 5. The second-order valence-electron chi connectivity index (χ2n) is 5.74. The number of rotatable bonds is 6. The molecule has 0 amide bonds. The molecule has 22 heavy (non-hydrogen) atoms. The normalized spacial score (nSPS) is 12.6. The van der Waals surface area contributed by atoms with Crippen LogP contribution in [-0.4, -0.2) is 9.91 Å². The van der Waals surface area contributed by atoms with E-state index in [1.807, 2.05) is 26.8 Å². The molecule has 1 aromatic heterocycles. The van der Waals surface area contributed by atoms with Gasteiger partial charge < -0.3 is 9.73 Å². The smallest absolute Gasteiger partial charge is 0.272 e. The summed E-state index contributed by atoms with van der Waals surface area (Å²) in [5.74, 6) is 0.973. The van der Waals surface area contributed by atoms with Crippen molar-refractivity contribution in [3.8, 4) is 0 Å². The minimum absolute atomic E-state index is 0.0153. The highest BCUT2D eigenvalue weighted by atomic mass is 16.6. The Morgan fingerprint density at radius 1 is 1.36 bits per heavy atom. The summed E-state index contributed by atoms with van der Waals surface area (Å²) in [5.41, 5.74) is 2.52. The van der Waals surface area contributed by atoms with Gasteiger partial charge in [0.15, 0.2) is 5.89 Å². The summed E-state index contributed by atoms with van der Waals surface area (Å²) in [6.45, 7) is 8.31. The quantitative estimate of drug-likeness (QED) is 0.647. The molecule has 0 saturated heterocycles. The lowest BCUT2D eigenvalue weighted by molar-refractivity contribution is -0.385. The van der Waals surface area contributed by atoms with Gasteiger partial charge in [-0.1, -0.05) is 26.0 Å². The molecule has 0 aliphatic rings. The molecule has 0 fully saturated rings. The topological polar surface area (TPSA) is 81.2 Å². The number of nitrogens with zero attached hydrogens (tertiary/aromatic N) is 2. The number of nitro groups is 1. The minimum atomic E-state index is -0.349. The van der Waals surface area contributed by atoms with Crippen LogP contribution in [0.3, 0.4) is 0 Å². The van der Waals surface area contributed by atoms with Crippen LogP contribution < -0.4 is 5.32 Å². The fourth-order valence-electron chi connectivity index (χ4n) is 2.14. The number of aryl methyl sites for hydroxylation is 1. The molecule has 0 aliphatic carbocycles. The van der Waals surface area contributed by atoms with Gasteiger partial charge >= 0.3 is 0 Å². The molecule has 2 aromatic rings. The Bertz CT molecular complexity index is 664. The van der Waals surface area contributed by atoms with Crippen LogP contribution in [0.1, 0.15) is 55.4 Å². The average Bonchev–Trinajstić information content (AvgIpc) is 2.94. The Balaban J connectivity index is 2.04. The molecule has 0 bridgehead atoms. The summed E-state index contributed by atoms with van der Waals surface area (Å²) >= 11 is 0. The molecule has 1 atom stereocenters. The molecule has 0 saturated carbocycles. The SMILES string of the molecule is Cc1ccc(C(C)NCc2coc(C(C)C)n2)cc1[N+](=O)[O-]. The van der Waals surface area contributed by atoms with Gasteiger partial charge in [-0.15, -0.1) is 0 Å². The van der Waals surface area contributed by atoms with Crippen LogP contribution in [0.15, 0.2) is 28.9 Å². The van der Waals surface area contributed by atoms with Crippen LogP contribution in [0.25, 0.3) is 0 Å². The lowest BCUT2D eigenvalue weighted by atomic mass is 10.0. The first-order valence-electron chi connectivity index (χ1n) is 7.31. The third-order valence-electron chi connectivity index (χ3n) is 3.58. The Morgan fingerprint density at radius 2 is 2.09 bits per heavy atom. The van der Waals surface area contributed by atoms with Crippen molar-refractivity contribution in [2.45, 2.75) is 46.2 Å². The summed E-state index contributed by atoms with van der Waals surface area (Å²) < 4.78 is 5.39. The second kappa shape index (κ2) is 6.70. The molecule has 118 valence electrons. The summed E-state index contributed by atoms with van der Waals surface area (Å²) in [5, 5.41) is 14.3. The molecular formula is C16H21N3O3. The molecule has 1 unspecified atom stereocenters. The fourth-order valence-corrected chi connectivity index (χ4v) is 2.14. The number of nitro benzene ring substituents is 1. The average molecular weight is 303 g/mol. The van der Waals surface area contributed by atoms with Crippen LogP contribution in [-0.2, 0) is 6.54 Å². The maximum atomic E-state index is 11.0. The maximum absolute atomic E-state index is 11.0. The zero-order chi connectivity index (χ0) is 16.3. The largest absolute Gasteiger partial charge is 0.448 e. The van der Waals surface area contributed by atoms with Gasteiger partial charge in [0.25, 0.3) is 5.69 Å². The Hall–Kier alpha value is -2.21. The van der Waals surface area contributed by atoms with Crippen molar-refractivity contribution in [2.24, 2.45) is 0 Å². The molecule has 1 aromatic carbocycles. The first-order chi connectivity index (χ1) is 10.4. The van der Waals surface area contributed by atoms with Crippen molar-refractivity contribution in [2.75, 3.05) is 0 Å². The first-order valence-corrected chi connectivity index (χ1v) is 7.31. The molecule has 1 N–H and O–H groups in total. The molecule has 0 aliphatic heterocycles. The van der Waals surface area contributed by atoms with Crippen molar-refractivity contribution in [3.05, 3.63) is 57.3 Å². The van der Waals surface area contributed by atoms with Gasteiger partial charge in [0.1, 0.15) is 6.26 Å². The van der Waals surface area contributed by atoms with E-state index in [1.54, 1.807) is 25.3 Å². The zero-order valence-electron chi connectivity index (χ0n) is 13.3. The maximum Gasteiger partial charge on any atom is 0.272 e. The van der Waals surface area contributed by atoms with E-state index in [4.69, 9.17) is 4.42 Å². The molecule has 6 nitrogen and oxygen atoms in total. The fraction of sp³-hybridized carbons (Fsp3) is 0.438.